The number of nitriles is 1. The van der Waals surface area contributed by atoms with Crippen LogP contribution in [-0.4, -0.2) is 38.7 Å². The molecule has 3 heterocycles. The molecule has 0 bridgehead atoms. The second-order valence-electron chi connectivity index (χ2n) is 12.1. The van der Waals surface area contributed by atoms with Crippen LogP contribution in [0.2, 0.25) is 0 Å². The molecule has 0 radical (unpaired) electrons. The highest BCUT2D eigenvalue weighted by molar-refractivity contribution is 6.10. The summed E-state index contributed by atoms with van der Waals surface area (Å²) in [6.07, 6.45) is 3.86. The third-order valence-corrected chi connectivity index (χ3v) is 9.05. The first kappa shape index (κ1) is 27.5. The number of rotatable bonds is 5. The highest BCUT2D eigenvalue weighted by Crippen LogP contribution is 2.53. The lowest BCUT2D eigenvalue weighted by molar-refractivity contribution is -0.138. The number of likely N-dealkylation sites (tertiary alicyclic amines) is 1. The van der Waals surface area contributed by atoms with Crippen molar-refractivity contribution in [1.82, 2.24) is 19.7 Å². The first-order chi connectivity index (χ1) is 19.6. The Balaban J connectivity index is 0.000000195. The van der Waals surface area contributed by atoms with Crippen LogP contribution in [0, 0.1) is 28.6 Å². The van der Waals surface area contributed by atoms with Crippen molar-refractivity contribution in [3.63, 3.8) is 0 Å². The zero-order valence-electron chi connectivity index (χ0n) is 23.1. The summed E-state index contributed by atoms with van der Waals surface area (Å²) in [6.45, 7) is 2.30. The van der Waals surface area contributed by atoms with Gasteiger partial charge in [-0.2, -0.15) is 18.4 Å². The molecule has 10 heteroatoms. The predicted molar refractivity (Wildman–Crippen MR) is 146 cm³/mol. The molecule has 214 valence electrons. The third-order valence-electron chi connectivity index (χ3n) is 9.05. The van der Waals surface area contributed by atoms with Crippen LogP contribution in [0.3, 0.4) is 0 Å². The third kappa shape index (κ3) is 5.73. The Kier molecular flexibility index (Phi) is 7.10. The van der Waals surface area contributed by atoms with E-state index in [0.717, 1.165) is 44.6 Å². The molecule has 1 aromatic heterocycles. The standard InChI is InChI=1S/C22H21F3N2O.C9H12N4/c23-22(24,25)19-11-15(12-26-9-8-21(14-26)6-7-21)10-17-18(19)13-27(20(17)28)16-4-2-1-3-5-16;1-13-6-11-12-9(13)4-7-2-8(3-7)5-10/h1-5,10-11H,6-9,12-14H2;6-8H,2-4H2,1H3. The lowest BCUT2D eigenvalue weighted by Crippen LogP contribution is -2.25. The lowest BCUT2D eigenvalue weighted by atomic mass is 9.74. The van der Waals surface area contributed by atoms with E-state index in [1.165, 1.54) is 23.8 Å². The Bertz CT molecular complexity index is 1470. The van der Waals surface area contributed by atoms with Gasteiger partial charge in [-0.25, -0.2) is 0 Å². The molecule has 7 rings (SSSR count). The van der Waals surface area contributed by atoms with Crippen molar-refractivity contribution in [1.29, 1.82) is 5.26 Å². The van der Waals surface area contributed by atoms with Gasteiger partial charge in [-0.3, -0.25) is 9.69 Å². The van der Waals surface area contributed by atoms with Gasteiger partial charge in [0.25, 0.3) is 5.91 Å². The fourth-order valence-electron chi connectivity index (χ4n) is 6.39. The molecule has 1 amide bonds. The highest BCUT2D eigenvalue weighted by atomic mass is 19.4. The number of halogens is 3. The fourth-order valence-corrected chi connectivity index (χ4v) is 6.39. The van der Waals surface area contributed by atoms with Crippen LogP contribution >= 0.6 is 0 Å². The van der Waals surface area contributed by atoms with Crippen molar-refractivity contribution in [2.45, 2.75) is 57.8 Å². The number of alkyl halides is 3. The van der Waals surface area contributed by atoms with Crippen LogP contribution in [0.5, 0.6) is 0 Å². The van der Waals surface area contributed by atoms with Gasteiger partial charge in [-0.05, 0) is 85.4 Å². The maximum absolute atomic E-state index is 13.8. The van der Waals surface area contributed by atoms with Gasteiger partial charge in [0.05, 0.1) is 18.2 Å². The Labute approximate surface area is 237 Å². The molecule has 2 aliphatic heterocycles. The number of aryl methyl sites for hydroxylation is 1. The molecule has 2 aliphatic carbocycles. The first-order valence-corrected chi connectivity index (χ1v) is 14.2. The van der Waals surface area contributed by atoms with Gasteiger partial charge in [0, 0.05) is 43.7 Å². The molecule has 2 saturated carbocycles. The van der Waals surface area contributed by atoms with Gasteiger partial charge in [0.2, 0.25) is 0 Å². The number of amides is 1. The number of fused-ring (bicyclic) bond motifs is 1. The number of para-hydroxylation sites is 1. The minimum absolute atomic E-state index is 0.0415. The molecule has 1 saturated heterocycles. The van der Waals surface area contributed by atoms with Crippen molar-refractivity contribution < 1.29 is 18.0 Å². The van der Waals surface area contributed by atoms with Gasteiger partial charge in [-0.1, -0.05) is 18.2 Å². The molecule has 3 aromatic rings. The summed E-state index contributed by atoms with van der Waals surface area (Å²) in [7, 11) is 1.95. The van der Waals surface area contributed by atoms with E-state index in [2.05, 4.69) is 21.2 Å². The number of benzene rings is 2. The first-order valence-electron chi connectivity index (χ1n) is 14.2. The number of nitrogens with zero attached hydrogens (tertiary/aromatic N) is 6. The fraction of sp³-hybridized carbons (Fsp3) is 0.484. The number of hydrogen-bond acceptors (Lipinski definition) is 5. The summed E-state index contributed by atoms with van der Waals surface area (Å²) in [4.78, 5) is 16.6. The monoisotopic (exact) mass is 562 g/mol. The Morgan fingerprint density at radius 1 is 1.12 bits per heavy atom. The van der Waals surface area contributed by atoms with Gasteiger partial charge in [0.15, 0.2) is 0 Å². The van der Waals surface area contributed by atoms with Crippen LogP contribution in [0.1, 0.15) is 65.0 Å². The van der Waals surface area contributed by atoms with Gasteiger partial charge in [0.1, 0.15) is 12.2 Å². The average Bonchev–Trinajstić information content (AvgIpc) is 3.20. The minimum atomic E-state index is -4.48. The van der Waals surface area contributed by atoms with Crippen LogP contribution < -0.4 is 4.90 Å². The summed E-state index contributed by atoms with van der Waals surface area (Å²) in [5.74, 6) is 1.61. The molecule has 0 atom stereocenters. The van der Waals surface area contributed by atoms with Crippen LogP contribution in [0.4, 0.5) is 18.9 Å². The molecule has 1 spiro atoms. The Hall–Kier alpha value is -3.71. The summed E-state index contributed by atoms with van der Waals surface area (Å²) in [6, 6.07) is 14.1. The molecule has 3 fully saturated rings. The molecule has 0 unspecified atom stereocenters. The lowest BCUT2D eigenvalue weighted by Gasteiger charge is -2.29. The van der Waals surface area contributed by atoms with Crippen LogP contribution in [0.15, 0.2) is 48.8 Å². The summed E-state index contributed by atoms with van der Waals surface area (Å²) >= 11 is 0. The number of hydrogen-bond donors (Lipinski definition) is 0. The molecular formula is C31H33F3N6O. The minimum Gasteiger partial charge on any atom is -0.321 e. The van der Waals surface area contributed by atoms with E-state index in [4.69, 9.17) is 5.26 Å². The second kappa shape index (κ2) is 10.6. The van der Waals surface area contributed by atoms with E-state index in [1.807, 2.05) is 17.7 Å². The smallest absolute Gasteiger partial charge is 0.321 e. The van der Waals surface area contributed by atoms with E-state index >= 15 is 0 Å². The predicted octanol–water partition coefficient (Wildman–Crippen LogP) is 5.76. The zero-order valence-corrected chi connectivity index (χ0v) is 23.1. The highest BCUT2D eigenvalue weighted by Gasteiger charge is 2.47. The van der Waals surface area contributed by atoms with E-state index in [0.29, 0.717) is 35.0 Å². The average molecular weight is 563 g/mol. The van der Waals surface area contributed by atoms with E-state index in [9.17, 15) is 18.0 Å². The van der Waals surface area contributed by atoms with Gasteiger partial charge >= 0.3 is 6.18 Å². The molecule has 41 heavy (non-hydrogen) atoms. The molecule has 4 aliphatic rings. The number of anilines is 1. The van der Waals surface area contributed by atoms with E-state index in [-0.39, 0.29) is 23.6 Å². The Morgan fingerprint density at radius 3 is 2.49 bits per heavy atom. The van der Waals surface area contributed by atoms with E-state index < -0.39 is 11.7 Å². The number of carbonyl (C=O) groups is 1. The molecule has 7 nitrogen and oxygen atoms in total. The molecule has 2 aromatic carbocycles. The normalized spacial score (nSPS) is 22.6. The summed E-state index contributed by atoms with van der Waals surface area (Å²) < 4.78 is 43.3. The maximum atomic E-state index is 13.8. The van der Waals surface area contributed by atoms with Crippen molar-refractivity contribution in [2.75, 3.05) is 18.0 Å². The molecule has 0 N–H and O–H groups in total. The zero-order chi connectivity index (χ0) is 28.8. The van der Waals surface area contributed by atoms with Crippen molar-refractivity contribution in [3.05, 3.63) is 76.9 Å². The van der Waals surface area contributed by atoms with E-state index in [1.54, 1.807) is 36.7 Å². The van der Waals surface area contributed by atoms with Crippen molar-refractivity contribution in [3.8, 4) is 6.07 Å². The van der Waals surface area contributed by atoms with Crippen molar-refractivity contribution in [2.24, 2.45) is 24.3 Å². The maximum Gasteiger partial charge on any atom is 0.416 e. The topological polar surface area (TPSA) is 78.0 Å². The van der Waals surface area contributed by atoms with Crippen LogP contribution in [0.25, 0.3) is 0 Å². The summed E-state index contributed by atoms with van der Waals surface area (Å²) in [5.41, 5.74) is 1.22. The Morgan fingerprint density at radius 2 is 1.88 bits per heavy atom. The van der Waals surface area contributed by atoms with Gasteiger partial charge in [-0.15, -0.1) is 10.2 Å². The second-order valence-corrected chi connectivity index (χ2v) is 12.1. The number of carbonyl (C=O) groups excluding carboxylic acids is 1. The largest absolute Gasteiger partial charge is 0.416 e. The number of aromatic nitrogens is 3. The van der Waals surface area contributed by atoms with Crippen molar-refractivity contribution >= 4 is 11.6 Å². The summed E-state index contributed by atoms with van der Waals surface area (Å²) in [5, 5.41) is 16.4. The quantitative estimate of drug-likeness (QED) is 0.395. The van der Waals surface area contributed by atoms with Gasteiger partial charge < -0.3 is 9.47 Å². The SMILES string of the molecule is Cn1cnnc1CC1CC(C#N)C1.O=C1c2cc(CN3CCC4(CC4)C3)cc(C(F)(F)F)c2CN1c1ccccc1. The van der Waals surface area contributed by atoms with Crippen LogP contribution in [-0.2, 0) is 32.7 Å². The molecular weight excluding hydrogens is 529 g/mol.